The van der Waals surface area contributed by atoms with E-state index in [2.05, 4.69) is 33.1 Å². The molecule has 1 aliphatic rings. The Morgan fingerprint density at radius 3 is 2.40 bits per heavy atom. The second kappa shape index (κ2) is 12.0. The standard InChI is InChI=1S/C24H33N5O/c25-23(24(26)28-18-20-9-3-1-4-10-20)27-13-8-16-30-22-12-7-11-21(17-22)19-29-14-5-2-6-15-29/h1,3-4,7,9-12,17H,2,5-6,8,13-16,18-19H2,(H2,25,27)(H2,26,28). The van der Waals surface area contributed by atoms with Crippen LogP contribution in [0.2, 0.25) is 0 Å². The topological polar surface area (TPSA) is 89.2 Å². The molecule has 0 radical (unpaired) electrons. The van der Waals surface area contributed by atoms with E-state index >= 15 is 0 Å². The van der Waals surface area contributed by atoms with Crippen molar-refractivity contribution in [3.05, 3.63) is 65.7 Å². The molecule has 6 heteroatoms. The lowest BCUT2D eigenvalue weighted by atomic mass is 10.1. The van der Waals surface area contributed by atoms with Gasteiger partial charge in [-0.1, -0.05) is 48.9 Å². The molecular formula is C24H33N5O. The molecular weight excluding hydrogens is 374 g/mol. The van der Waals surface area contributed by atoms with Gasteiger partial charge in [-0.05, 0) is 49.2 Å². The molecule has 0 spiro atoms. The fourth-order valence-corrected chi connectivity index (χ4v) is 3.49. The predicted molar refractivity (Wildman–Crippen MR) is 124 cm³/mol. The molecule has 2 aromatic carbocycles. The molecule has 6 nitrogen and oxygen atoms in total. The van der Waals surface area contributed by atoms with Crippen LogP contribution in [0.5, 0.6) is 5.75 Å². The van der Waals surface area contributed by atoms with Crippen LogP contribution in [-0.2, 0) is 13.1 Å². The fraction of sp³-hybridized carbons (Fsp3) is 0.417. The van der Waals surface area contributed by atoms with E-state index in [-0.39, 0.29) is 11.7 Å². The smallest absolute Gasteiger partial charge is 0.161 e. The number of nitrogens with zero attached hydrogens (tertiary/aromatic N) is 3. The van der Waals surface area contributed by atoms with Crippen LogP contribution in [0.4, 0.5) is 0 Å². The molecule has 1 saturated heterocycles. The van der Waals surface area contributed by atoms with Gasteiger partial charge in [0.1, 0.15) is 5.75 Å². The molecule has 0 atom stereocenters. The predicted octanol–water partition coefficient (Wildman–Crippen LogP) is 3.36. The minimum atomic E-state index is 0.283. The highest BCUT2D eigenvalue weighted by Crippen LogP contribution is 2.17. The van der Waals surface area contributed by atoms with Crippen molar-refractivity contribution in [1.29, 1.82) is 0 Å². The van der Waals surface area contributed by atoms with Crippen LogP contribution in [0.15, 0.2) is 64.6 Å². The van der Waals surface area contributed by atoms with Crippen molar-refractivity contribution >= 4 is 11.7 Å². The highest BCUT2D eigenvalue weighted by molar-refractivity contribution is 6.39. The number of hydrogen-bond acceptors (Lipinski definition) is 4. The first kappa shape index (κ1) is 21.8. The van der Waals surface area contributed by atoms with Gasteiger partial charge in [-0.25, -0.2) is 0 Å². The first-order valence-electron chi connectivity index (χ1n) is 10.8. The molecule has 3 rings (SSSR count). The molecule has 0 bridgehead atoms. The molecule has 30 heavy (non-hydrogen) atoms. The molecule has 0 unspecified atom stereocenters. The van der Waals surface area contributed by atoms with Crippen molar-refractivity contribution < 1.29 is 4.74 Å². The van der Waals surface area contributed by atoms with Crippen LogP contribution in [0, 0.1) is 0 Å². The van der Waals surface area contributed by atoms with Crippen molar-refractivity contribution in [1.82, 2.24) is 4.90 Å². The number of benzene rings is 2. The zero-order valence-electron chi connectivity index (χ0n) is 17.7. The van der Waals surface area contributed by atoms with Gasteiger partial charge in [0.05, 0.1) is 13.2 Å². The monoisotopic (exact) mass is 407 g/mol. The normalized spacial score (nSPS) is 15.9. The highest BCUT2D eigenvalue weighted by Gasteiger charge is 2.10. The number of ether oxygens (including phenoxy) is 1. The van der Waals surface area contributed by atoms with E-state index < -0.39 is 0 Å². The summed E-state index contributed by atoms with van der Waals surface area (Å²) in [5, 5.41) is 0. The van der Waals surface area contributed by atoms with Gasteiger partial charge in [0.25, 0.3) is 0 Å². The number of nitrogens with two attached hydrogens (primary N) is 2. The van der Waals surface area contributed by atoms with Crippen LogP contribution in [0.25, 0.3) is 0 Å². The molecule has 4 N–H and O–H groups in total. The lowest BCUT2D eigenvalue weighted by Gasteiger charge is -2.26. The fourth-order valence-electron chi connectivity index (χ4n) is 3.49. The molecule has 1 fully saturated rings. The van der Waals surface area contributed by atoms with Crippen molar-refractivity contribution in [3.63, 3.8) is 0 Å². The number of rotatable bonds is 9. The van der Waals surface area contributed by atoms with E-state index in [0.29, 0.717) is 19.7 Å². The highest BCUT2D eigenvalue weighted by atomic mass is 16.5. The van der Waals surface area contributed by atoms with Crippen molar-refractivity contribution in [2.45, 2.75) is 38.8 Å². The van der Waals surface area contributed by atoms with Crippen LogP contribution in [0.1, 0.15) is 36.8 Å². The number of aliphatic imine (C=N–C) groups is 2. The Kier molecular flexibility index (Phi) is 8.72. The van der Waals surface area contributed by atoms with Gasteiger partial charge in [-0.3, -0.25) is 14.9 Å². The number of amidine groups is 2. The lowest BCUT2D eigenvalue weighted by molar-refractivity contribution is 0.220. The quantitative estimate of drug-likeness (QED) is 0.379. The summed E-state index contributed by atoms with van der Waals surface area (Å²) in [6.07, 6.45) is 4.74. The Balaban J connectivity index is 1.38. The molecule has 0 saturated carbocycles. The minimum Gasteiger partial charge on any atom is -0.494 e. The molecule has 0 aromatic heterocycles. The summed E-state index contributed by atoms with van der Waals surface area (Å²) in [6, 6.07) is 18.3. The maximum absolute atomic E-state index is 5.93. The summed E-state index contributed by atoms with van der Waals surface area (Å²) in [7, 11) is 0. The SMILES string of the molecule is NC(=NCCCOc1cccc(CN2CCCCC2)c1)C(N)=NCc1ccccc1. The van der Waals surface area contributed by atoms with Gasteiger partial charge in [-0.15, -0.1) is 0 Å². The van der Waals surface area contributed by atoms with Crippen LogP contribution >= 0.6 is 0 Å². The van der Waals surface area contributed by atoms with Crippen LogP contribution < -0.4 is 16.2 Å². The van der Waals surface area contributed by atoms with E-state index in [1.54, 1.807) is 0 Å². The molecule has 160 valence electrons. The summed E-state index contributed by atoms with van der Waals surface area (Å²) in [5.41, 5.74) is 14.2. The first-order chi connectivity index (χ1) is 14.7. The molecule has 0 amide bonds. The summed E-state index contributed by atoms with van der Waals surface area (Å²) in [5.74, 6) is 1.48. The summed E-state index contributed by atoms with van der Waals surface area (Å²) >= 11 is 0. The van der Waals surface area contributed by atoms with Crippen LogP contribution in [0.3, 0.4) is 0 Å². The van der Waals surface area contributed by atoms with Crippen molar-refractivity contribution in [3.8, 4) is 5.75 Å². The average molecular weight is 408 g/mol. The van der Waals surface area contributed by atoms with Crippen molar-refractivity contribution in [2.75, 3.05) is 26.2 Å². The summed E-state index contributed by atoms with van der Waals surface area (Å²) in [4.78, 5) is 11.1. The van der Waals surface area contributed by atoms with E-state index in [9.17, 15) is 0 Å². The minimum absolute atomic E-state index is 0.283. The third kappa shape index (κ3) is 7.52. The van der Waals surface area contributed by atoms with Gasteiger partial charge in [0.2, 0.25) is 0 Å². The Bertz CT molecular complexity index is 828. The molecule has 1 aliphatic heterocycles. The molecule has 0 aliphatic carbocycles. The maximum Gasteiger partial charge on any atom is 0.161 e. The summed E-state index contributed by atoms with van der Waals surface area (Å²) < 4.78 is 5.89. The van der Waals surface area contributed by atoms with Gasteiger partial charge < -0.3 is 16.2 Å². The second-order valence-corrected chi connectivity index (χ2v) is 7.64. The largest absolute Gasteiger partial charge is 0.494 e. The Hall–Kier alpha value is -2.86. The average Bonchev–Trinajstić information content (AvgIpc) is 2.79. The van der Waals surface area contributed by atoms with Crippen LogP contribution in [-0.4, -0.2) is 42.8 Å². The third-order valence-electron chi connectivity index (χ3n) is 5.14. The van der Waals surface area contributed by atoms with E-state index in [1.807, 2.05) is 36.4 Å². The Morgan fingerprint density at radius 2 is 1.60 bits per heavy atom. The summed E-state index contributed by atoms with van der Waals surface area (Å²) in [6.45, 7) is 5.04. The number of hydrogen-bond donors (Lipinski definition) is 2. The van der Waals surface area contributed by atoms with E-state index in [0.717, 1.165) is 24.3 Å². The van der Waals surface area contributed by atoms with Crippen molar-refractivity contribution in [2.24, 2.45) is 21.5 Å². The van der Waals surface area contributed by atoms with Gasteiger partial charge in [0.15, 0.2) is 11.7 Å². The van der Waals surface area contributed by atoms with E-state index in [4.69, 9.17) is 16.2 Å². The zero-order chi connectivity index (χ0) is 21.0. The second-order valence-electron chi connectivity index (χ2n) is 7.64. The first-order valence-corrected chi connectivity index (χ1v) is 10.8. The van der Waals surface area contributed by atoms with E-state index in [1.165, 1.54) is 37.9 Å². The van der Waals surface area contributed by atoms with Gasteiger partial charge in [-0.2, -0.15) is 0 Å². The Labute approximate surface area is 179 Å². The Morgan fingerprint density at radius 1 is 0.867 bits per heavy atom. The van der Waals surface area contributed by atoms with Gasteiger partial charge in [0, 0.05) is 19.5 Å². The maximum atomic E-state index is 5.93. The number of likely N-dealkylation sites (tertiary alicyclic amines) is 1. The zero-order valence-corrected chi connectivity index (χ0v) is 17.7. The molecule has 2 aromatic rings. The molecule has 1 heterocycles. The van der Waals surface area contributed by atoms with Gasteiger partial charge >= 0.3 is 0 Å². The lowest BCUT2D eigenvalue weighted by Crippen LogP contribution is -2.31. The number of piperidine rings is 1. The third-order valence-corrected chi connectivity index (χ3v) is 5.14.